The van der Waals surface area contributed by atoms with E-state index in [1.807, 2.05) is 0 Å². The monoisotopic (exact) mass is 888 g/mol. The summed E-state index contributed by atoms with van der Waals surface area (Å²) in [5, 5.41) is 40.0. The van der Waals surface area contributed by atoms with Crippen molar-refractivity contribution >= 4 is 44.1 Å². The van der Waals surface area contributed by atoms with E-state index in [0.717, 1.165) is 0 Å². The van der Waals surface area contributed by atoms with E-state index in [4.69, 9.17) is 0 Å². The average Bonchev–Trinajstić information content (AvgIpc) is 3.65. The molecule has 0 spiro atoms. The van der Waals surface area contributed by atoms with Crippen LogP contribution in [0.15, 0.2) is 104 Å². The standard InChI is InChI=1S/2C22H24N2O6S/c2*1-3-6-14-9-10-16-20-19(22(27)28)15(12-25)17(11-23(16)21(14)26)24(20)31(29,30)18-8-5-4-7-13(18)2/h2*3-10,15,17,19-20,25H,11-12H2,1-2H3,(H,27,28)/b6-3+;6-3-/t2*15-,17-,19+,20+/m11/s1. The van der Waals surface area contributed by atoms with Crippen molar-refractivity contribution in [2.45, 2.75) is 74.7 Å². The third-order valence-electron chi connectivity index (χ3n) is 12.6. The summed E-state index contributed by atoms with van der Waals surface area (Å²) < 4.78 is 60.2. The summed E-state index contributed by atoms with van der Waals surface area (Å²) in [5.41, 5.74) is 2.01. The molecular weight excluding hydrogens is 841 g/mol. The van der Waals surface area contributed by atoms with Crippen LogP contribution in [-0.2, 0) is 42.7 Å². The molecule has 4 N–H and O–H groups in total. The molecule has 0 aliphatic carbocycles. The minimum Gasteiger partial charge on any atom is -0.481 e. The molecule has 4 aliphatic rings. The van der Waals surface area contributed by atoms with Gasteiger partial charge in [-0.25, -0.2) is 16.8 Å². The molecule has 8 rings (SSSR count). The van der Waals surface area contributed by atoms with Crippen molar-refractivity contribution < 1.29 is 46.9 Å². The predicted octanol–water partition coefficient (Wildman–Crippen LogP) is 3.25. The van der Waals surface area contributed by atoms with Gasteiger partial charge in [0.15, 0.2) is 0 Å². The fourth-order valence-corrected chi connectivity index (χ4v) is 14.0. The number of hydrogen-bond donors (Lipinski definition) is 4. The highest BCUT2D eigenvalue weighted by Crippen LogP contribution is 2.52. The molecule has 2 fully saturated rings. The zero-order valence-corrected chi connectivity index (χ0v) is 36.0. The fourth-order valence-electron chi connectivity index (χ4n) is 9.89. The zero-order chi connectivity index (χ0) is 45.0. The lowest BCUT2D eigenvalue weighted by Crippen LogP contribution is -2.49. The van der Waals surface area contributed by atoms with E-state index in [1.54, 1.807) is 113 Å². The first-order valence-corrected chi connectivity index (χ1v) is 22.9. The number of carboxylic acids is 2. The van der Waals surface area contributed by atoms with Gasteiger partial charge in [0.1, 0.15) is 0 Å². The van der Waals surface area contributed by atoms with Crippen LogP contribution >= 0.6 is 0 Å². The SMILES string of the molecule is C/C=C/c1ccc2n(c1=O)C[C@@H]1[C@@H](CO)[C@H](C(=O)O)[C@H]2N1S(=O)(=O)c1ccccc1C.C/C=C\c1ccc2n(c1=O)C[C@@H]1[C@@H](CO)[C@H](C(=O)O)[C@H]2N1S(=O)(=O)c1ccccc1C. The topological polar surface area (TPSA) is 234 Å². The number of carbonyl (C=O) groups is 2. The van der Waals surface area contributed by atoms with Crippen molar-refractivity contribution in [3.05, 3.63) is 139 Å². The first-order chi connectivity index (χ1) is 29.5. The van der Waals surface area contributed by atoms with E-state index in [-0.39, 0.29) is 34.0 Å². The van der Waals surface area contributed by atoms with E-state index in [1.165, 1.54) is 29.9 Å². The lowest BCUT2D eigenvalue weighted by molar-refractivity contribution is -0.145. The number of aliphatic hydroxyl groups excluding tert-OH is 2. The van der Waals surface area contributed by atoms with Crippen molar-refractivity contribution in [2.24, 2.45) is 23.7 Å². The van der Waals surface area contributed by atoms with Crippen LogP contribution in [0.3, 0.4) is 0 Å². The minimum atomic E-state index is -4.08. The molecule has 4 aromatic rings. The largest absolute Gasteiger partial charge is 0.481 e. The molecule has 0 amide bonds. The maximum absolute atomic E-state index is 13.7. The van der Waals surface area contributed by atoms with E-state index >= 15 is 0 Å². The second kappa shape index (κ2) is 17.0. The molecule has 2 aromatic carbocycles. The van der Waals surface area contributed by atoms with Crippen molar-refractivity contribution in [3.8, 4) is 0 Å². The van der Waals surface area contributed by atoms with Gasteiger partial charge in [-0.1, -0.05) is 60.7 Å². The van der Waals surface area contributed by atoms with Gasteiger partial charge < -0.3 is 29.6 Å². The lowest BCUT2D eigenvalue weighted by Gasteiger charge is -2.37. The summed E-state index contributed by atoms with van der Waals surface area (Å²) in [4.78, 5) is 50.6. The van der Waals surface area contributed by atoms with Gasteiger partial charge in [-0.3, -0.25) is 19.2 Å². The summed E-state index contributed by atoms with van der Waals surface area (Å²) >= 11 is 0. The molecular formula is C44H48N4O12S2. The van der Waals surface area contributed by atoms with Crippen LogP contribution in [0.5, 0.6) is 0 Å². The van der Waals surface area contributed by atoms with Crippen molar-refractivity contribution in [1.29, 1.82) is 0 Å². The fraction of sp³-hybridized carbons (Fsp3) is 0.364. The molecule has 328 valence electrons. The lowest BCUT2D eigenvalue weighted by atomic mass is 9.87. The minimum absolute atomic E-state index is 0.0177. The summed E-state index contributed by atoms with van der Waals surface area (Å²) in [6, 6.07) is 15.5. The van der Waals surface area contributed by atoms with E-state index in [2.05, 4.69) is 0 Å². The molecule has 4 aliphatic heterocycles. The summed E-state index contributed by atoms with van der Waals surface area (Å²) in [6.45, 7) is 5.90. The van der Waals surface area contributed by atoms with Gasteiger partial charge >= 0.3 is 11.9 Å². The van der Waals surface area contributed by atoms with Crippen LogP contribution in [0, 0.1) is 37.5 Å². The van der Waals surface area contributed by atoms with E-state index in [9.17, 15) is 56.4 Å². The number of aryl methyl sites for hydroxylation is 2. The van der Waals surface area contributed by atoms with Gasteiger partial charge in [-0.05, 0) is 75.2 Å². The third-order valence-corrected chi connectivity index (χ3v) is 16.7. The first-order valence-electron chi connectivity index (χ1n) is 20.1. The highest BCUT2D eigenvalue weighted by atomic mass is 32.2. The summed E-state index contributed by atoms with van der Waals surface area (Å²) in [5.74, 6) is -6.43. The Hall–Kier alpha value is -5.50. The molecule has 6 heterocycles. The van der Waals surface area contributed by atoms with Crippen LogP contribution in [-0.4, -0.2) is 92.2 Å². The highest BCUT2D eigenvalue weighted by Gasteiger charge is 2.61. The molecule has 0 saturated carbocycles. The number of aliphatic carboxylic acids is 2. The first kappa shape index (κ1) is 44.6. The van der Waals surface area contributed by atoms with Crippen molar-refractivity contribution in [3.63, 3.8) is 0 Å². The van der Waals surface area contributed by atoms with Gasteiger partial charge in [0, 0.05) is 72.7 Å². The number of benzene rings is 2. The number of sulfonamides is 2. The van der Waals surface area contributed by atoms with E-state index < -0.39 is 93.0 Å². The quantitative estimate of drug-likeness (QED) is 0.180. The Kier molecular flexibility index (Phi) is 12.2. The van der Waals surface area contributed by atoms with Gasteiger partial charge in [0.2, 0.25) is 20.0 Å². The molecule has 0 unspecified atom stereocenters. The maximum atomic E-state index is 13.7. The van der Waals surface area contributed by atoms with Crippen molar-refractivity contribution in [1.82, 2.24) is 17.7 Å². The number of allylic oxidation sites excluding steroid dienone is 2. The Bertz CT molecular complexity index is 2660. The van der Waals surface area contributed by atoms with Crippen LogP contribution in [0.4, 0.5) is 0 Å². The van der Waals surface area contributed by atoms with Gasteiger partial charge in [-0.15, -0.1) is 0 Å². The van der Waals surface area contributed by atoms with Gasteiger partial charge in [0.25, 0.3) is 11.1 Å². The number of rotatable bonds is 10. The number of aromatic nitrogens is 2. The van der Waals surface area contributed by atoms with Gasteiger partial charge in [0.05, 0.1) is 33.7 Å². The van der Waals surface area contributed by atoms with Crippen LogP contribution < -0.4 is 11.1 Å². The Morgan fingerprint density at radius 3 is 1.27 bits per heavy atom. The molecule has 62 heavy (non-hydrogen) atoms. The summed E-state index contributed by atoms with van der Waals surface area (Å²) in [7, 11) is -8.17. The molecule has 8 atom stereocenters. The van der Waals surface area contributed by atoms with Crippen LogP contribution in [0.25, 0.3) is 12.2 Å². The number of pyridine rings is 2. The zero-order valence-electron chi connectivity index (χ0n) is 34.3. The second-order valence-electron chi connectivity index (χ2n) is 15.9. The second-order valence-corrected chi connectivity index (χ2v) is 19.5. The number of fused-ring (bicyclic) bond motifs is 8. The Morgan fingerprint density at radius 1 is 0.613 bits per heavy atom. The Labute approximate surface area is 358 Å². The summed E-state index contributed by atoms with van der Waals surface area (Å²) in [6.07, 6.45) is 6.78. The van der Waals surface area contributed by atoms with Crippen molar-refractivity contribution in [2.75, 3.05) is 13.2 Å². The predicted molar refractivity (Wildman–Crippen MR) is 228 cm³/mol. The average molecular weight is 889 g/mol. The van der Waals surface area contributed by atoms with Gasteiger partial charge in [-0.2, -0.15) is 8.61 Å². The normalized spacial score (nSPS) is 25.6. The van der Waals surface area contributed by atoms with Crippen LogP contribution in [0.1, 0.15) is 59.6 Å². The molecule has 4 bridgehead atoms. The highest BCUT2D eigenvalue weighted by molar-refractivity contribution is 7.89. The van der Waals surface area contributed by atoms with E-state index in [0.29, 0.717) is 33.6 Å². The number of hydrogen-bond acceptors (Lipinski definition) is 10. The third kappa shape index (κ3) is 7.07. The molecule has 16 nitrogen and oxygen atoms in total. The molecule has 18 heteroatoms. The number of carboxylic acid groups (broad SMARTS) is 2. The Balaban J connectivity index is 0.000000186. The number of aliphatic hydroxyl groups is 2. The molecule has 2 aromatic heterocycles. The van der Waals surface area contributed by atoms with Crippen LogP contribution in [0.2, 0.25) is 0 Å². The molecule has 0 radical (unpaired) electrons. The number of nitrogens with zero attached hydrogens (tertiary/aromatic N) is 4. The smallest absolute Gasteiger partial charge is 0.308 e. The maximum Gasteiger partial charge on any atom is 0.308 e. The molecule has 2 saturated heterocycles. The Morgan fingerprint density at radius 2 is 0.968 bits per heavy atom.